The Hall–Kier alpha value is -4.88. The molecular weight excluding hydrogens is 642 g/mol. The van der Waals surface area contributed by atoms with Crippen LogP contribution in [-0.4, -0.2) is 99.9 Å². The van der Waals surface area contributed by atoms with Crippen LogP contribution < -0.4 is 11.1 Å². The molecule has 3 N–H and O–H groups in total. The van der Waals surface area contributed by atoms with Crippen LogP contribution in [0.15, 0.2) is 54.9 Å². The lowest BCUT2D eigenvalue weighted by Gasteiger charge is -2.36. The minimum Gasteiger partial charge on any atom is -0.397 e. The van der Waals surface area contributed by atoms with Crippen molar-refractivity contribution in [3.8, 4) is 22.5 Å². The number of rotatable bonds is 6. The predicted octanol–water partition coefficient (Wildman–Crippen LogP) is 4.30. The molecule has 4 aromatic rings. The number of carbonyl (C=O) groups is 3. The molecule has 1 atom stereocenters. The molecule has 0 saturated carbocycles. The zero-order valence-electron chi connectivity index (χ0n) is 26.8. The molecule has 4 heterocycles. The van der Waals surface area contributed by atoms with Crippen LogP contribution in [-0.2, 0) is 11.8 Å². The number of quaternary nitrogens is 1. The number of nitrogens with one attached hydrogen (secondary N) is 1. The van der Waals surface area contributed by atoms with E-state index in [4.69, 9.17) is 17.3 Å². The van der Waals surface area contributed by atoms with Crippen LogP contribution in [0.25, 0.3) is 22.5 Å². The summed E-state index contributed by atoms with van der Waals surface area (Å²) in [6, 6.07) is 10.4. The first-order chi connectivity index (χ1) is 22.8. The van der Waals surface area contributed by atoms with Crippen molar-refractivity contribution >= 4 is 40.7 Å². The number of halogens is 3. The van der Waals surface area contributed by atoms with Crippen molar-refractivity contribution in [3.63, 3.8) is 0 Å². The fraction of sp³-hybridized carbons (Fsp3) is 0.324. The van der Waals surface area contributed by atoms with Gasteiger partial charge in [-0.15, -0.1) is 0 Å². The number of anilines is 2. The van der Waals surface area contributed by atoms with Crippen molar-refractivity contribution in [1.29, 1.82) is 0 Å². The Kier molecular flexibility index (Phi) is 8.92. The molecule has 2 aliphatic rings. The van der Waals surface area contributed by atoms with E-state index >= 15 is 8.78 Å². The highest BCUT2D eigenvalue weighted by Crippen LogP contribution is 2.32. The normalized spacial score (nSPS) is 17.4. The number of nitrogens with zero attached hydrogens (tertiary/aromatic N) is 6. The second-order valence-corrected chi connectivity index (χ2v) is 13.3. The van der Waals surface area contributed by atoms with Gasteiger partial charge in [-0.2, -0.15) is 0 Å². The maximum absolute atomic E-state index is 15.2. The molecule has 11 nitrogen and oxygen atoms in total. The van der Waals surface area contributed by atoms with Crippen molar-refractivity contribution in [2.75, 3.05) is 64.4 Å². The number of nitrogens with two attached hydrogens (primary N) is 1. The Morgan fingerprint density at radius 3 is 2.27 bits per heavy atom. The van der Waals surface area contributed by atoms with Crippen molar-refractivity contribution in [2.45, 2.75) is 6.42 Å². The van der Waals surface area contributed by atoms with Gasteiger partial charge in [0.05, 0.1) is 73.2 Å². The Morgan fingerprint density at radius 1 is 0.938 bits per heavy atom. The van der Waals surface area contributed by atoms with E-state index in [1.807, 2.05) is 4.90 Å². The number of hydrogen-bond donors (Lipinski definition) is 2. The highest BCUT2D eigenvalue weighted by atomic mass is 35.5. The summed E-state index contributed by atoms with van der Waals surface area (Å²) in [5.41, 5.74) is 6.92. The van der Waals surface area contributed by atoms with Crippen LogP contribution in [0.4, 0.5) is 20.2 Å². The number of benzene rings is 2. The first kappa shape index (κ1) is 33.0. The van der Waals surface area contributed by atoms with Gasteiger partial charge in [0.1, 0.15) is 0 Å². The third-order valence-corrected chi connectivity index (χ3v) is 9.41. The van der Waals surface area contributed by atoms with Crippen molar-refractivity contribution in [1.82, 2.24) is 24.3 Å². The van der Waals surface area contributed by atoms with E-state index in [1.54, 1.807) is 17.0 Å². The first-order valence-corrected chi connectivity index (χ1v) is 15.9. The number of hydrogen-bond acceptors (Lipinski definition) is 6. The average Bonchev–Trinajstić information content (AvgIpc) is 3.63. The number of amides is 3. The Balaban J connectivity index is 1.10. The molecule has 0 bridgehead atoms. The Bertz CT molecular complexity index is 1900. The summed E-state index contributed by atoms with van der Waals surface area (Å²) < 4.78 is 32.5. The minimum atomic E-state index is -1.11. The molecule has 2 fully saturated rings. The topological polar surface area (TPSA) is 126 Å². The number of aromatic nitrogens is 3. The second kappa shape index (κ2) is 13.0. The molecule has 2 aliphatic heterocycles. The number of imidazole rings is 1. The fourth-order valence-corrected chi connectivity index (χ4v) is 6.64. The molecule has 3 amide bonds. The molecule has 2 aromatic carbocycles. The first-order valence-electron chi connectivity index (χ1n) is 15.6. The number of piperazine rings is 1. The summed E-state index contributed by atoms with van der Waals surface area (Å²) in [5, 5.41) is 2.85. The summed E-state index contributed by atoms with van der Waals surface area (Å²) in [6.45, 7) is 3.54. The van der Waals surface area contributed by atoms with Crippen LogP contribution in [0.1, 0.15) is 27.4 Å². The number of nitrogen functional groups attached to an aromatic ring is 1. The molecule has 14 heteroatoms. The lowest BCUT2D eigenvalue weighted by Crippen LogP contribution is -2.52. The number of pyridine rings is 1. The molecule has 6 rings (SSSR count). The Labute approximate surface area is 281 Å². The summed E-state index contributed by atoms with van der Waals surface area (Å²) in [5.74, 6) is -2.96. The highest BCUT2D eigenvalue weighted by molar-refractivity contribution is 6.34. The number of likely N-dealkylation sites (tertiary alicyclic amines) is 1. The predicted molar refractivity (Wildman–Crippen MR) is 178 cm³/mol. The quantitative estimate of drug-likeness (QED) is 0.293. The third kappa shape index (κ3) is 6.47. The van der Waals surface area contributed by atoms with E-state index in [0.717, 1.165) is 24.0 Å². The molecule has 0 aliphatic carbocycles. The van der Waals surface area contributed by atoms with Crippen molar-refractivity contribution in [3.05, 3.63) is 82.9 Å². The van der Waals surface area contributed by atoms with E-state index in [2.05, 4.69) is 29.4 Å². The third-order valence-electron chi connectivity index (χ3n) is 9.09. The summed E-state index contributed by atoms with van der Waals surface area (Å²) >= 11 is 6.50. The molecule has 48 heavy (non-hydrogen) atoms. The van der Waals surface area contributed by atoms with Gasteiger partial charge in [-0.1, -0.05) is 11.6 Å². The van der Waals surface area contributed by atoms with E-state index in [1.165, 1.54) is 54.3 Å². The maximum atomic E-state index is 15.2. The fourth-order valence-electron chi connectivity index (χ4n) is 6.38. The lowest BCUT2D eigenvalue weighted by molar-refractivity contribution is -0.878. The SMILES string of the molecule is Cn1c(-c2ccc(-c3ccc(N)cn3)c(F)c2F)cnc1C(=O)Nc1ccc(C(=O)N2CCN(C(=O)C3CC[N+](C)(C)C3)CC2)c(Cl)c1. The van der Waals surface area contributed by atoms with Gasteiger partial charge in [-0.05, 0) is 42.5 Å². The lowest BCUT2D eigenvalue weighted by atomic mass is 10.0. The van der Waals surface area contributed by atoms with Crippen LogP contribution >= 0.6 is 11.6 Å². The molecule has 2 saturated heterocycles. The van der Waals surface area contributed by atoms with Gasteiger partial charge in [-0.25, -0.2) is 13.8 Å². The molecule has 0 spiro atoms. The standard InChI is InChI=1S/C34H35ClF2N8O3/c1-42-28(25-8-7-24(29(36)30(25)37)27-9-4-21(38)17-39-27)18-40-31(42)32(46)41-22-5-6-23(26(35)16-22)34(48)44-13-11-43(12-14-44)33(47)20-10-15-45(2,3)19-20/h4-9,16-18,20H,10-15,19H2,1-3H3,(H2-,38,41,46,48)/p+1. The monoisotopic (exact) mass is 677 g/mol. The highest BCUT2D eigenvalue weighted by Gasteiger charge is 2.38. The maximum Gasteiger partial charge on any atom is 0.291 e. The Morgan fingerprint density at radius 2 is 1.62 bits per heavy atom. The molecular formula is C34H36ClF2N8O3+. The van der Waals surface area contributed by atoms with Gasteiger partial charge in [0.2, 0.25) is 5.91 Å². The van der Waals surface area contributed by atoms with Gasteiger partial charge in [0, 0.05) is 56.5 Å². The second-order valence-electron chi connectivity index (χ2n) is 12.9. The van der Waals surface area contributed by atoms with E-state index in [9.17, 15) is 14.4 Å². The smallest absolute Gasteiger partial charge is 0.291 e. The van der Waals surface area contributed by atoms with Crippen LogP contribution in [0.5, 0.6) is 0 Å². The van der Waals surface area contributed by atoms with Gasteiger partial charge < -0.3 is 29.9 Å². The van der Waals surface area contributed by atoms with Crippen LogP contribution in [0.3, 0.4) is 0 Å². The zero-order valence-corrected chi connectivity index (χ0v) is 27.6. The molecule has 0 radical (unpaired) electrons. The summed E-state index contributed by atoms with van der Waals surface area (Å²) in [6.07, 6.45) is 3.51. The molecule has 2 aromatic heterocycles. The summed E-state index contributed by atoms with van der Waals surface area (Å²) in [7, 11) is 5.78. The molecule has 250 valence electrons. The van der Waals surface area contributed by atoms with E-state index in [0.29, 0.717) is 37.6 Å². The average molecular weight is 678 g/mol. The summed E-state index contributed by atoms with van der Waals surface area (Å²) in [4.78, 5) is 51.2. The van der Waals surface area contributed by atoms with Crippen LogP contribution in [0, 0.1) is 17.6 Å². The zero-order chi connectivity index (χ0) is 34.3. The van der Waals surface area contributed by atoms with E-state index < -0.39 is 17.5 Å². The van der Waals surface area contributed by atoms with E-state index in [-0.39, 0.29) is 56.7 Å². The van der Waals surface area contributed by atoms with Gasteiger partial charge >= 0.3 is 0 Å². The van der Waals surface area contributed by atoms with Gasteiger partial charge in [0.25, 0.3) is 11.8 Å². The van der Waals surface area contributed by atoms with Crippen molar-refractivity contribution < 1.29 is 27.6 Å². The number of carbonyl (C=O) groups excluding carboxylic acids is 3. The van der Waals surface area contributed by atoms with Crippen LogP contribution in [0.2, 0.25) is 5.02 Å². The van der Waals surface area contributed by atoms with Gasteiger partial charge in [-0.3, -0.25) is 19.4 Å². The molecule has 1 unspecified atom stereocenters. The minimum absolute atomic E-state index is 0.0197. The van der Waals surface area contributed by atoms with Gasteiger partial charge in [0.15, 0.2) is 17.5 Å². The largest absolute Gasteiger partial charge is 0.397 e. The van der Waals surface area contributed by atoms with Crippen molar-refractivity contribution in [2.24, 2.45) is 13.0 Å².